The van der Waals surface area contributed by atoms with Crippen LogP contribution in [0.5, 0.6) is 0 Å². The predicted molar refractivity (Wildman–Crippen MR) is 159 cm³/mol. The average molecular weight is 599 g/mol. The molecule has 0 spiro atoms. The second kappa shape index (κ2) is 20.8. The molecule has 11 heteroatoms. The molecule has 0 radical (unpaired) electrons. The number of Topliss-reactive ketones (excluding diaryl/α,β-unsaturated/α-hetero) is 1. The van der Waals surface area contributed by atoms with Gasteiger partial charge in [0.2, 0.25) is 0 Å². The van der Waals surface area contributed by atoms with Crippen molar-refractivity contribution in [3.63, 3.8) is 0 Å². The molecule has 0 saturated carbocycles. The van der Waals surface area contributed by atoms with E-state index in [1.807, 2.05) is 0 Å². The SMILES string of the molecule is C=COCCCC(=O)c1cc(/C=C(\C(=C)C(=O)OCCOC=C)C(=O)OCCOC=C)c(C)cc1C(=O)OCCOC=C. The first kappa shape index (κ1) is 36.0. The molecule has 0 saturated heterocycles. The van der Waals surface area contributed by atoms with Gasteiger partial charge in [-0.2, -0.15) is 0 Å². The van der Waals surface area contributed by atoms with Crippen LogP contribution in [0.1, 0.15) is 44.7 Å². The maximum Gasteiger partial charge on any atom is 0.339 e. The summed E-state index contributed by atoms with van der Waals surface area (Å²) in [6.07, 6.45) is 6.60. The first-order chi connectivity index (χ1) is 20.7. The van der Waals surface area contributed by atoms with Crippen molar-refractivity contribution in [2.24, 2.45) is 0 Å². The van der Waals surface area contributed by atoms with Crippen molar-refractivity contribution in [1.29, 1.82) is 0 Å². The zero-order chi connectivity index (χ0) is 32.0. The van der Waals surface area contributed by atoms with Gasteiger partial charge in [0, 0.05) is 12.0 Å². The molecule has 1 rings (SSSR count). The van der Waals surface area contributed by atoms with Crippen molar-refractivity contribution >= 4 is 29.8 Å². The summed E-state index contributed by atoms with van der Waals surface area (Å²) in [7, 11) is 0. The van der Waals surface area contributed by atoms with E-state index in [-0.39, 0.29) is 80.7 Å². The molecular formula is C32H38O11. The monoisotopic (exact) mass is 598 g/mol. The largest absolute Gasteiger partial charge is 0.502 e. The van der Waals surface area contributed by atoms with E-state index >= 15 is 0 Å². The van der Waals surface area contributed by atoms with E-state index in [2.05, 4.69) is 32.9 Å². The Labute approximate surface area is 251 Å². The molecule has 0 N–H and O–H groups in total. The highest BCUT2D eigenvalue weighted by molar-refractivity contribution is 6.11. The Morgan fingerprint density at radius 2 is 1.19 bits per heavy atom. The summed E-state index contributed by atoms with van der Waals surface area (Å²) in [4.78, 5) is 51.9. The molecule has 0 unspecified atom stereocenters. The van der Waals surface area contributed by atoms with Gasteiger partial charge in [-0.3, -0.25) is 4.79 Å². The lowest BCUT2D eigenvalue weighted by Crippen LogP contribution is -2.19. The molecule has 0 aromatic heterocycles. The second-order valence-electron chi connectivity index (χ2n) is 8.38. The topological polar surface area (TPSA) is 133 Å². The van der Waals surface area contributed by atoms with Crippen molar-refractivity contribution < 1.29 is 52.3 Å². The zero-order valence-electron chi connectivity index (χ0n) is 24.4. The minimum absolute atomic E-state index is 0.0223. The predicted octanol–water partition coefficient (Wildman–Crippen LogP) is 4.78. The lowest BCUT2D eigenvalue weighted by atomic mass is 9.93. The van der Waals surface area contributed by atoms with Crippen LogP contribution in [0.25, 0.3) is 6.08 Å². The molecule has 0 aliphatic heterocycles. The Hall–Kier alpha value is -5.06. The lowest BCUT2D eigenvalue weighted by molar-refractivity contribution is -0.143. The lowest BCUT2D eigenvalue weighted by Gasteiger charge is -2.15. The number of ketones is 1. The summed E-state index contributed by atoms with van der Waals surface area (Å²) in [5.41, 5.74) is 0.372. The number of aryl methyl sites for hydroxylation is 1. The van der Waals surface area contributed by atoms with E-state index in [9.17, 15) is 19.2 Å². The highest BCUT2D eigenvalue weighted by Crippen LogP contribution is 2.25. The van der Waals surface area contributed by atoms with Crippen LogP contribution in [0, 0.1) is 6.92 Å². The van der Waals surface area contributed by atoms with Crippen LogP contribution in [-0.4, -0.2) is 69.9 Å². The number of carbonyl (C=O) groups excluding carboxylic acids is 4. The van der Waals surface area contributed by atoms with Gasteiger partial charge in [0.25, 0.3) is 0 Å². The number of hydrogen-bond acceptors (Lipinski definition) is 11. The third-order valence-electron chi connectivity index (χ3n) is 5.46. The average Bonchev–Trinajstić information content (AvgIpc) is 3.00. The molecule has 1 aromatic rings. The van der Waals surface area contributed by atoms with Crippen LogP contribution >= 0.6 is 0 Å². The maximum atomic E-state index is 13.2. The highest BCUT2D eigenvalue weighted by atomic mass is 16.6. The number of hydrogen-bond donors (Lipinski definition) is 0. The van der Waals surface area contributed by atoms with Crippen molar-refractivity contribution in [3.8, 4) is 0 Å². The first-order valence-corrected chi connectivity index (χ1v) is 13.2. The van der Waals surface area contributed by atoms with Gasteiger partial charge < -0.3 is 33.2 Å². The van der Waals surface area contributed by atoms with Crippen LogP contribution in [0.2, 0.25) is 0 Å². The van der Waals surface area contributed by atoms with Crippen LogP contribution in [0.15, 0.2) is 81.2 Å². The Bertz CT molecular complexity index is 1210. The van der Waals surface area contributed by atoms with Gasteiger partial charge in [0.15, 0.2) is 5.78 Å². The number of ether oxygens (including phenoxy) is 7. The van der Waals surface area contributed by atoms with Gasteiger partial charge in [-0.05, 0) is 42.7 Å². The molecule has 232 valence electrons. The fraction of sp³-hybridized carbons (Fsp3) is 0.312. The Balaban J connectivity index is 3.52. The molecule has 0 aliphatic carbocycles. The molecule has 0 heterocycles. The van der Waals surface area contributed by atoms with E-state index in [0.29, 0.717) is 17.5 Å². The number of esters is 3. The van der Waals surface area contributed by atoms with E-state index in [4.69, 9.17) is 33.2 Å². The van der Waals surface area contributed by atoms with Gasteiger partial charge in [-0.1, -0.05) is 32.9 Å². The van der Waals surface area contributed by atoms with Crippen LogP contribution in [0.4, 0.5) is 0 Å². The molecule has 0 aliphatic rings. The van der Waals surface area contributed by atoms with Crippen molar-refractivity contribution in [2.45, 2.75) is 19.8 Å². The molecule has 43 heavy (non-hydrogen) atoms. The Morgan fingerprint density at radius 3 is 1.74 bits per heavy atom. The first-order valence-electron chi connectivity index (χ1n) is 13.2. The third kappa shape index (κ3) is 13.0. The molecular weight excluding hydrogens is 560 g/mol. The minimum Gasteiger partial charge on any atom is -0.502 e. The molecule has 1 aromatic carbocycles. The summed E-state index contributed by atoms with van der Waals surface area (Å²) >= 11 is 0. The summed E-state index contributed by atoms with van der Waals surface area (Å²) in [6.45, 7) is 19.2. The smallest absolute Gasteiger partial charge is 0.339 e. The minimum atomic E-state index is -0.892. The zero-order valence-corrected chi connectivity index (χ0v) is 24.4. The summed E-state index contributed by atoms with van der Waals surface area (Å²) in [5, 5.41) is 0. The van der Waals surface area contributed by atoms with E-state index < -0.39 is 17.9 Å². The quantitative estimate of drug-likeness (QED) is 0.0328. The Morgan fingerprint density at radius 1 is 0.674 bits per heavy atom. The van der Waals surface area contributed by atoms with E-state index in [1.54, 1.807) is 6.92 Å². The highest BCUT2D eigenvalue weighted by Gasteiger charge is 2.24. The number of benzene rings is 1. The summed E-state index contributed by atoms with van der Waals surface area (Å²) < 4.78 is 35.6. The van der Waals surface area contributed by atoms with E-state index in [1.165, 1.54) is 43.3 Å². The van der Waals surface area contributed by atoms with Crippen LogP contribution in [0.3, 0.4) is 0 Å². The fourth-order valence-electron chi connectivity index (χ4n) is 3.39. The van der Waals surface area contributed by atoms with Gasteiger partial charge in [-0.25, -0.2) is 14.4 Å². The third-order valence-corrected chi connectivity index (χ3v) is 5.46. The van der Waals surface area contributed by atoms with Gasteiger partial charge in [0.1, 0.15) is 39.6 Å². The number of carbonyl (C=O) groups is 4. The van der Waals surface area contributed by atoms with Gasteiger partial charge >= 0.3 is 17.9 Å². The van der Waals surface area contributed by atoms with Crippen molar-refractivity contribution in [3.05, 3.63) is 103 Å². The van der Waals surface area contributed by atoms with Crippen molar-refractivity contribution in [2.75, 3.05) is 46.2 Å². The summed E-state index contributed by atoms with van der Waals surface area (Å²) in [6, 6.07) is 2.90. The van der Waals surface area contributed by atoms with Crippen molar-refractivity contribution in [1.82, 2.24) is 0 Å². The molecule has 0 amide bonds. The second-order valence-corrected chi connectivity index (χ2v) is 8.38. The molecule has 11 nitrogen and oxygen atoms in total. The summed E-state index contributed by atoms with van der Waals surface area (Å²) in [5.74, 6) is -2.90. The molecule has 0 atom stereocenters. The standard InChI is InChI=1S/C32H38O11/c1-7-37-13-11-12-29(33)27-22-25(23(5)20-28(27)32(36)43-19-16-40-10-4)21-26(31(35)42-18-15-39-9-3)24(6)30(34)41-17-14-38-8-2/h7-10,20-22H,1-4,6,11-19H2,5H3/b26-21+. The fourth-order valence-corrected chi connectivity index (χ4v) is 3.39. The van der Waals surface area contributed by atoms with Crippen LogP contribution in [-0.2, 0) is 42.7 Å². The number of rotatable bonds is 23. The normalized spacial score (nSPS) is 10.4. The maximum absolute atomic E-state index is 13.2. The van der Waals surface area contributed by atoms with Gasteiger partial charge in [-0.15, -0.1) is 0 Å². The van der Waals surface area contributed by atoms with Gasteiger partial charge in [0.05, 0.1) is 48.4 Å². The Kier molecular flexibility index (Phi) is 17.4. The molecule has 0 fully saturated rings. The molecule has 0 bridgehead atoms. The van der Waals surface area contributed by atoms with Crippen LogP contribution < -0.4 is 0 Å². The van der Waals surface area contributed by atoms with E-state index in [0.717, 1.165) is 0 Å².